The molecule has 0 saturated heterocycles. The fourth-order valence-corrected chi connectivity index (χ4v) is 2.22. The lowest BCUT2D eigenvalue weighted by Crippen LogP contribution is -2.28. The molecular formula is C14H20N6O3. The minimum atomic E-state index is -0.481. The maximum absolute atomic E-state index is 12.0. The minimum Gasteiger partial charge on any atom is -0.348 e. The number of carbonyl (C=O) groups excluding carboxylic acids is 1. The number of aryl methyl sites for hydroxylation is 2. The topological polar surface area (TPSA) is 108 Å². The predicted octanol–water partition coefficient (Wildman–Crippen LogP) is 1.58. The third-order valence-electron chi connectivity index (χ3n) is 3.63. The summed E-state index contributed by atoms with van der Waals surface area (Å²) in [6.45, 7) is 6.54. The summed E-state index contributed by atoms with van der Waals surface area (Å²) < 4.78 is 3.26. The molecule has 2 aromatic rings. The molecule has 0 aliphatic heterocycles. The molecule has 0 bridgehead atoms. The third-order valence-corrected chi connectivity index (χ3v) is 3.63. The highest BCUT2D eigenvalue weighted by atomic mass is 16.6. The van der Waals surface area contributed by atoms with Crippen LogP contribution in [0.4, 0.5) is 5.69 Å². The van der Waals surface area contributed by atoms with Crippen molar-refractivity contribution < 1.29 is 9.72 Å². The molecule has 9 heteroatoms. The van der Waals surface area contributed by atoms with Crippen molar-refractivity contribution in [3.8, 4) is 0 Å². The summed E-state index contributed by atoms with van der Waals surface area (Å²) >= 11 is 0. The average Bonchev–Trinajstić information content (AvgIpc) is 3.11. The highest BCUT2D eigenvalue weighted by Gasteiger charge is 2.17. The molecule has 2 heterocycles. The number of aromatic nitrogens is 4. The number of hydrogen-bond donors (Lipinski definition) is 1. The van der Waals surface area contributed by atoms with E-state index in [-0.39, 0.29) is 24.1 Å². The van der Waals surface area contributed by atoms with E-state index in [1.165, 1.54) is 10.9 Å². The van der Waals surface area contributed by atoms with E-state index in [1.807, 2.05) is 26.1 Å². The quantitative estimate of drug-likeness (QED) is 0.615. The van der Waals surface area contributed by atoms with Gasteiger partial charge in [-0.05, 0) is 26.8 Å². The molecule has 2 aromatic heterocycles. The zero-order valence-corrected chi connectivity index (χ0v) is 13.4. The molecule has 2 rings (SSSR count). The van der Waals surface area contributed by atoms with Gasteiger partial charge in [-0.3, -0.25) is 24.3 Å². The fourth-order valence-electron chi connectivity index (χ4n) is 2.22. The maximum Gasteiger partial charge on any atom is 0.309 e. The smallest absolute Gasteiger partial charge is 0.309 e. The first kappa shape index (κ1) is 16.7. The first-order valence-corrected chi connectivity index (χ1v) is 7.41. The van der Waals surface area contributed by atoms with E-state index in [2.05, 4.69) is 15.5 Å². The molecule has 0 spiro atoms. The molecule has 23 heavy (non-hydrogen) atoms. The van der Waals surface area contributed by atoms with E-state index in [4.69, 9.17) is 0 Å². The second kappa shape index (κ2) is 7.03. The van der Waals surface area contributed by atoms with Gasteiger partial charge in [0.2, 0.25) is 5.91 Å². The Kier molecular flexibility index (Phi) is 5.09. The van der Waals surface area contributed by atoms with Crippen molar-refractivity contribution in [3.05, 3.63) is 40.0 Å². The van der Waals surface area contributed by atoms with Gasteiger partial charge in [-0.25, -0.2) is 0 Å². The summed E-state index contributed by atoms with van der Waals surface area (Å²) in [6.07, 6.45) is 3.26. The van der Waals surface area contributed by atoms with Crippen LogP contribution in [0.5, 0.6) is 0 Å². The van der Waals surface area contributed by atoms with Crippen molar-refractivity contribution in [1.29, 1.82) is 0 Å². The van der Waals surface area contributed by atoms with Gasteiger partial charge in [-0.1, -0.05) is 0 Å². The molecule has 1 N–H and O–H groups in total. The van der Waals surface area contributed by atoms with Crippen molar-refractivity contribution >= 4 is 11.6 Å². The van der Waals surface area contributed by atoms with Gasteiger partial charge < -0.3 is 5.32 Å². The second-order valence-electron chi connectivity index (χ2n) is 5.23. The van der Waals surface area contributed by atoms with Crippen molar-refractivity contribution in [2.45, 2.75) is 46.3 Å². The number of hydrogen-bond acceptors (Lipinski definition) is 5. The standard InChI is InChI=1S/C14H20N6O3/c1-4-18-7-5-12(17-18)10(2)16-14(21)6-8-19-11(3)13(9-15-19)20(22)23/h5,7,9-10H,4,6,8H2,1-3H3,(H,16,21)/t10-/m1/s1. The molecular weight excluding hydrogens is 300 g/mol. The highest BCUT2D eigenvalue weighted by molar-refractivity contribution is 5.76. The Balaban J connectivity index is 1.88. The molecule has 0 aliphatic rings. The van der Waals surface area contributed by atoms with Crippen LogP contribution >= 0.6 is 0 Å². The van der Waals surface area contributed by atoms with E-state index in [0.717, 1.165) is 12.2 Å². The van der Waals surface area contributed by atoms with E-state index in [1.54, 1.807) is 11.6 Å². The van der Waals surface area contributed by atoms with Gasteiger partial charge in [0.25, 0.3) is 0 Å². The van der Waals surface area contributed by atoms with E-state index in [9.17, 15) is 14.9 Å². The lowest BCUT2D eigenvalue weighted by atomic mass is 10.2. The van der Waals surface area contributed by atoms with E-state index < -0.39 is 4.92 Å². The number of rotatable bonds is 7. The molecule has 0 aliphatic carbocycles. The lowest BCUT2D eigenvalue weighted by molar-refractivity contribution is -0.385. The molecule has 0 radical (unpaired) electrons. The van der Waals surface area contributed by atoms with Crippen molar-refractivity contribution in [1.82, 2.24) is 24.9 Å². The molecule has 124 valence electrons. The van der Waals surface area contributed by atoms with Crippen LogP contribution in [0.3, 0.4) is 0 Å². The number of amides is 1. The molecule has 1 amide bonds. The van der Waals surface area contributed by atoms with Gasteiger partial charge >= 0.3 is 5.69 Å². The van der Waals surface area contributed by atoms with Crippen LogP contribution in [0.25, 0.3) is 0 Å². The SMILES string of the molecule is CCn1ccc([C@@H](C)NC(=O)CCn2ncc([N+](=O)[O-])c2C)n1. The van der Waals surface area contributed by atoms with Crippen molar-refractivity contribution in [2.75, 3.05) is 0 Å². The Morgan fingerprint density at radius 2 is 2.26 bits per heavy atom. The van der Waals surface area contributed by atoms with Gasteiger partial charge in [0.1, 0.15) is 11.9 Å². The summed E-state index contributed by atoms with van der Waals surface area (Å²) in [5.74, 6) is -0.152. The summed E-state index contributed by atoms with van der Waals surface area (Å²) in [5, 5.41) is 21.9. The normalized spacial score (nSPS) is 12.1. The monoisotopic (exact) mass is 320 g/mol. The molecule has 1 atom stereocenters. The molecule has 0 saturated carbocycles. The summed E-state index contributed by atoms with van der Waals surface area (Å²) in [5.41, 5.74) is 1.20. The van der Waals surface area contributed by atoms with Gasteiger partial charge in [0.15, 0.2) is 0 Å². The zero-order valence-electron chi connectivity index (χ0n) is 13.4. The van der Waals surface area contributed by atoms with Crippen LogP contribution in [0.15, 0.2) is 18.5 Å². The number of carbonyl (C=O) groups is 1. The van der Waals surface area contributed by atoms with Crippen molar-refractivity contribution in [3.63, 3.8) is 0 Å². The van der Waals surface area contributed by atoms with Crippen molar-refractivity contribution in [2.24, 2.45) is 0 Å². The molecule has 0 fully saturated rings. The third kappa shape index (κ3) is 3.93. The highest BCUT2D eigenvalue weighted by Crippen LogP contribution is 2.16. The number of nitrogens with one attached hydrogen (secondary N) is 1. The van der Waals surface area contributed by atoms with Crippen LogP contribution in [0.1, 0.15) is 37.7 Å². The van der Waals surface area contributed by atoms with Crippen LogP contribution < -0.4 is 5.32 Å². The van der Waals surface area contributed by atoms with Gasteiger partial charge in [-0.2, -0.15) is 10.2 Å². The minimum absolute atomic E-state index is 0.0381. The Morgan fingerprint density at radius 3 is 2.83 bits per heavy atom. The number of nitro groups is 1. The molecule has 9 nitrogen and oxygen atoms in total. The largest absolute Gasteiger partial charge is 0.348 e. The predicted molar refractivity (Wildman–Crippen MR) is 82.7 cm³/mol. The van der Waals surface area contributed by atoms with E-state index >= 15 is 0 Å². The number of nitrogens with zero attached hydrogens (tertiary/aromatic N) is 5. The Bertz CT molecular complexity index is 705. The Morgan fingerprint density at radius 1 is 1.52 bits per heavy atom. The van der Waals surface area contributed by atoms with Gasteiger partial charge in [0, 0.05) is 19.2 Å². The first-order chi connectivity index (χ1) is 10.9. The molecule has 0 aromatic carbocycles. The Hall–Kier alpha value is -2.71. The fraction of sp³-hybridized carbons (Fsp3) is 0.500. The van der Waals surface area contributed by atoms with Crippen LogP contribution in [-0.2, 0) is 17.9 Å². The lowest BCUT2D eigenvalue weighted by Gasteiger charge is -2.12. The summed E-state index contributed by atoms with van der Waals surface area (Å²) in [6, 6.07) is 1.68. The van der Waals surface area contributed by atoms with Crippen LogP contribution in [0, 0.1) is 17.0 Å². The second-order valence-corrected chi connectivity index (χ2v) is 5.23. The van der Waals surface area contributed by atoms with E-state index in [0.29, 0.717) is 12.2 Å². The van der Waals surface area contributed by atoms with Crippen LogP contribution in [0.2, 0.25) is 0 Å². The maximum atomic E-state index is 12.0. The zero-order chi connectivity index (χ0) is 17.0. The summed E-state index contributed by atoms with van der Waals surface area (Å²) in [7, 11) is 0. The van der Waals surface area contributed by atoms with Gasteiger partial charge in [-0.15, -0.1) is 0 Å². The van der Waals surface area contributed by atoms with Crippen LogP contribution in [-0.4, -0.2) is 30.4 Å². The Labute approximate surface area is 133 Å². The molecule has 0 unspecified atom stereocenters. The average molecular weight is 320 g/mol. The first-order valence-electron chi connectivity index (χ1n) is 7.41. The van der Waals surface area contributed by atoms with Gasteiger partial charge in [0.05, 0.1) is 23.2 Å². The summed E-state index contributed by atoms with van der Waals surface area (Å²) in [4.78, 5) is 22.3.